The average Bonchev–Trinajstić information content (AvgIpc) is 2.08. The van der Waals surface area contributed by atoms with Gasteiger partial charge in [0.2, 0.25) is 0 Å². The first-order chi connectivity index (χ1) is 6.16. The number of aryl methyl sites for hydroxylation is 1. The maximum Gasteiger partial charge on any atom is 0.150 e. The van der Waals surface area contributed by atoms with Crippen molar-refractivity contribution in [3.05, 3.63) is 34.9 Å². The summed E-state index contributed by atoms with van der Waals surface area (Å²) in [7, 11) is 0. The molecule has 1 aromatic heterocycles. The number of benzene rings is 1. The van der Waals surface area contributed by atoms with Crippen LogP contribution >= 0.6 is 11.6 Å². The van der Waals surface area contributed by atoms with Gasteiger partial charge in [0.15, 0.2) is 5.15 Å². The number of rotatable bonds is 0. The van der Waals surface area contributed by atoms with Gasteiger partial charge in [0.25, 0.3) is 0 Å². The molecule has 0 aliphatic heterocycles. The summed E-state index contributed by atoms with van der Waals surface area (Å²) in [5.41, 5.74) is 1.79. The van der Waals surface area contributed by atoms with Crippen LogP contribution in [0.5, 0.6) is 0 Å². The molecule has 0 aliphatic carbocycles. The Morgan fingerprint density at radius 3 is 2.77 bits per heavy atom. The third-order valence-electron chi connectivity index (χ3n) is 1.74. The van der Waals surface area contributed by atoms with Crippen molar-refractivity contribution in [2.24, 2.45) is 0 Å². The Labute approximate surface area is 79.4 Å². The van der Waals surface area contributed by atoms with Crippen LogP contribution in [0.25, 0.3) is 11.0 Å². The van der Waals surface area contributed by atoms with E-state index in [1.165, 1.54) is 12.1 Å². The Balaban J connectivity index is 2.81. The Kier molecular flexibility index (Phi) is 1.88. The second-order valence-corrected chi connectivity index (χ2v) is 3.09. The summed E-state index contributed by atoms with van der Waals surface area (Å²) in [6, 6.07) is 4.25. The third-order valence-corrected chi connectivity index (χ3v) is 2.10. The fraction of sp³-hybridized carbons (Fsp3) is 0.111. The largest absolute Gasteiger partial charge is 0.248 e. The van der Waals surface area contributed by atoms with Gasteiger partial charge in [-0.2, -0.15) is 0 Å². The molecule has 0 fully saturated rings. The van der Waals surface area contributed by atoms with E-state index in [1.54, 1.807) is 13.0 Å². The van der Waals surface area contributed by atoms with Crippen molar-refractivity contribution < 1.29 is 4.39 Å². The van der Waals surface area contributed by atoms with Crippen molar-refractivity contribution in [3.63, 3.8) is 0 Å². The zero-order valence-corrected chi connectivity index (χ0v) is 7.64. The smallest absolute Gasteiger partial charge is 0.150 e. The average molecular weight is 197 g/mol. The van der Waals surface area contributed by atoms with E-state index >= 15 is 0 Å². The molecule has 0 saturated heterocycles. The molecule has 4 heteroatoms. The molecule has 0 spiro atoms. The predicted octanol–water partition coefficient (Wildman–Crippen LogP) is 2.73. The van der Waals surface area contributed by atoms with Gasteiger partial charge in [0.1, 0.15) is 5.82 Å². The fourth-order valence-corrected chi connectivity index (χ4v) is 1.23. The molecule has 0 bridgehead atoms. The van der Waals surface area contributed by atoms with Crippen molar-refractivity contribution in [1.82, 2.24) is 9.97 Å². The van der Waals surface area contributed by atoms with E-state index in [-0.39, 0.29) is 5.82 Å². The Hall–Kier alpha value is -1.22. The predicted molar refractivity (Wildman–Crippen MR) is 49.2 cm³/mol. The van der Waals surface area contributed by atoms with Crippen molar-refractivity contribution in [3.8, 4) is 0 Å². The molecule has 0 unspecified atom stereocenters. The summed E-state index contributed by atoms with van der Waals surface area (Å²) in [6.45, 7) is 1.76. The molecule has 0 atom stereocenters. The molecule has 1 heterocycles. The van der Waals surface area contributed by atoms with Gasteiger partial charge in [-0.15, -0.1) is 0 Å². The molecule has 1 aromatic carbocycles. The molecule has 2 rings (SSSR count). The second-order valence-electron chi connectivity index (χ2n) is 2.73. The first-order valence-electron chi connectivity index (χ1n) is 3.76. The molecule has 2 nitrogen and oxygen atoms in total. The lowest BCUT2D eigenvalue weighted by atomic mass is 10.3. The number of halogens is 2. The first kappa shape index (κ1) is 8.38. The van der Waals surface area contributed by atoms with Crippen LogP contribution < -0.4 is 0 Å². The minimum Gasteiger partial charge on any atom is -0.248 e. The van der Waals surface area contributed by atoms with Gasteiger partial charge in [0, 0.05) is 6.07 Å². The van der Waals surface area contributed by atoms with E-state index in [0.29, 0.717) is 21.9 Å². The molecule has 0 radical (unpaired) electrons. The monoisotopic (exact) mass is 196 g/mol. The zero-order valence-electron chi connectivity index (χ0n) is 6.88. The van der Waals surface area contributed by atoms with E-state index in [9.17, 15) is 4.39 Å². The van der Waals surface area contributed by atoms with Crippen molar-refractivity contribution >= 4 is 22.6 Å². The summed E-state index contributed by atoms with van der Waals surface area (Å²) in [5.74, 6) is -0.332. The highest BCUT2D eigenvalue weighted by atomic mass is 35.5. The van der Waals surface area contributed by atoms with Crippen molar-refractivity contribution in [2.45, 2.75) is 6.92 Å². The molecule has 0 saturated carbocycles. The van der Waals surface area contributed by atoms with Gasteiger partial charge in [0.05, 0.1) is 16.7 Å². The van der Waals surface area contributed by atoms with Gasteiger partial charge in [-0.25, -0.2) is 14.4 Å². The van der Waals surface area contributed by atoms with Crippen molar-refractivity contribution in [2.75, 3.05) is 0 Å². The van der Waals surface area contributed by atoms with Crippen LogP contribution in [0, 0.1) is 12.7 Å². The number of fused-ring (bicyclic) bond motifs is 1. The highest BCUT2D eigenvalue weighted by Crippen LogP contribution is 2.16. The lowest BCUT2D eigenvalue weighted by molar-refractivity contribution is 0.629. The van der Waals surface area contributed by atoms with Gasteiger partial charge >= 0.3 is 0 Å². The van der Waals surface area contributed by atoms with Crippen LogP contribution in [0.15, 0.2) is 18.2 Å². The molecule has 13 heavy (non-hydrogen) atoms. The van der Waals surface area contributed by atoms with E-state index < -0.39 is 0 Å². The van der Waals surface area contributed by atoms with Crippen LogP contribution in [0.3, 0.4) is 0 Å². The Morgan fingerprint density at radius 2 is 2.00 bits per heavy atom. The van der Waals surface area contributed by atoms with Crippen LogP contribution in [0.4, 0.5) is 4.39 Å². The topological polar surface area (TPSA) is 25.8 Å². The quantitative estimate of drug-likeness (QED) is 0.648. The number of nitrogens with zero attached hydrogens (tertiary/aromatic N) is 2. The maximum absolute atomic E-state index is 12.8. The Bertz CT molecular complexity index is 470. The number of hydrogen-bond donors (Lipinski definition) is 0. The molecule has 0 N–H and O–H groups in total. The van der Waals surface area contributed by atoms with Gasteiger partial charge in [-0.05, 0) is 19.1 Å². The van der Waals surface area contributed by atoms with Gasteiger partial charge in [-0.1, -0.05) is 11.6 Å². The standard InChI is InChI=1S/C9H6ClFN2/c1-5-9(10)13-8-4-6(11)2-3-7(8)12-5/h2-4H,1H3. The second kappa shape index (κ2) is 2.92. The van der Waals surface area contributed by atoms with Crippen LogP contribution in [-0.2, 0) is 0 Å². The fourth-order valence-electron chi connectivity index (χ4n) is 1.09. The molecular formula is C9H6ClFN2. The zero-order chi connectivity index (χ0) is 9.42. The number of hydrogen-bond acceptors (Lipinski definition) is 2. The summed E-state index contributed by atoms with van der Waals surface area (Å²) in [4.78, 5) is 8.15. The SMILES string of the molecule is Cc1nc2ccc(F)cc2nc1Cl. The summed E-state index contributed by atoms with van der Waals surface area (Å²) in [5, 5.41) is 0.318. The highest BCUT2D eigenvalue weighted by molar-refractivity contribution is 6.30. The lowest BCUT2D eigenvalue weighted by Crippen LogP contribution is -1.90. The minimum atomic E-state index is -0.332. The lowest BCUT2D eigenvalue weighted by Gasteiger charge is -1.99. The summed E-state index contributed by atoms with van der Waals surface area (Å²) < 4.78 is 12.8. The third kappa shape index (κ3) is 1.47. The van der Waals surface area contributed by atoms with E-state index in [2.05, 4.69) is 9.97 Å². The molecular weight excluding hydrogens is 191 g/mol. The van der Waals surface area contributed by atoms with E-state index in [0.717, 1.165) is 0 Å². The van der Waals surface area contributed by atoms with Gasteiger partial charge < -0.3 is 0 Å². The molecule has 0 aliphatic rings. The van der Waals surface area contributed by atoms with E-state index in [4.69, 9.17) is 11.6 Å². The minimum absolute atomic E-state index is 0.318. The van der Waals surface area contributed by atoms with Crippen LogP contribution in [-0.4, -0.2) is 9.97 Å². The van der Waals surface area contributed by atoms with Gasteiger partial charge in [-0.3, -0.25) is 0 Å². The van der Waals surface area contributed by atoms with Crippen LogP contribution in [0.1, 0.15) is 5.69 Å². The van der Waals surface area contributed by atoms with Crippen molar-refractivity contribution in [1.29, 1.82) is 0 Å². The van der Waals surface area contributed by atoms with Crippen LogP contribution in [0.2, 0.25) is 5.15 Å². The molecule has 2 aromatic rings. The maximum atomic E-state index is 12.8. The number of aromatic nitrogens is 2. The summed E-state index contributed by atoms with van der Waals surface area (Å²) >= 11 is 5.74. The first-order valence-corrected chi connectivity index (χ1v) is 4.14. The molecule has 66 valence electrons. The Morgan fingerprint density at radius 1 is 1.23 bits per heavy atom. The normalized spacial score (nSPS) is 10.7. The highest BCUT2D eigenvalue weighted by Gasteiger charge is 2.02. The van der Waals surface area contributed by atoms with E-state index in [1.807, 2.05) is 0 Å². The molecule has 0 amide bonds. The summed E-state index contributed by atoms with van der Waals surface area (Å²) in [6.07, 6.45) is 0.